The van der Waals surface area contributed by atoms with E-state index in [-0.39, 0.29) is 24.8 Å². The molecule has 0 spiro atoms. The minimum atomic E-state index is -0.479. The number of guanidine groups is 1. The van der Waals surface area contributed by atoms with Crippen molar-refractivity contribution < 1.29 is 14.3 Å². The number of amides is 1. The molecule has 2 rings (SSSR count). The molecule has 0 aromatic heterocycles. The zero-order valence-corrected chi connectivity index (χ0v) is 16.8. The van der Waals surface area contributed by atoms with Crippen LogP contribution in [0.1, 0.15) is 52.9 Å². The van der Waals surface area contributed by atoms with Crippen molar-refractivity contribution in [3.05, 3.63) is 0 Å². The summed E-state index contributed by atoms with van der Waals surface area (Å²) in [5.41, 5.74) is -0.479. The number of nitrogens with zero attached hydrogens (tertiary/aromatic N) is 2. The van der Waals surface area contributed by atoms with Gasteiger partial charge in [-0.25, -0.2) is 4.99 Å². The molecule has 148 valence electrons. The SMILES string of the molecule is CN(C)C(=O)CN=C(NCCC(=O)OC(C)(C)C)NC1CC2CCC1C2. The lowest BCUT2D eigenvalue weighted by Gasteiger charge is -2.25. The first-order valence-electron chi connectivity index (χ1n) is 9.61. The topological polar surface area (TPSA) is 83.0 Å². The third kappa shape index (κ3) is 6.50. The lowest BCUT2D eigenvalue weighted by molar-refractivity contribution is -0.154. The molecule has 2 aliphatic rings. The third-order valence-electron chi connectivity index (χ3n) is 4.97. The Balaban J connectivity index is 1.87. The number of likely N-dealkylation sites (N-methyl/N-ethyl adjacent to an activating group) is 1. The van der Waals surface area contributed by atoms with Gasteiger partial charge in [0.25, 0.3) is 0 Å². The molecule has 2 fully saturated rings. The van der Waals surface area contributed by atoms with Crippen molar-refractivity contribution >= 4 is 17.8 Å². The molecule has 0 heterocycles. The van der Waals surface area contributed by atoms with Gasteiger partial charge in [-0.15, -0.1) is 0 Å². The summed E-state index contributed by atoms with van der Waals surface area (Å²) in [7, 11) is 3.44. The summed E-state index contributed by atoms with van der Waals surface area (Å²) in [6, 6.07) is 0.413. The Hall–Kier alpha value is -1.79. The highest BCUT2D eigenvalue weighted by atomic mass is 16.6. The van der Waals surface area contributed by atoms with Gasteiger partial charge in [0.05, 0.1) is 6.42 Å². The number of hydrogen-bond acceptors (Lipinski definition) is 4. The zero-order chi connectivity index (χ0) is 19.3. The van der Waals surface area contributed by atoms with Crippen LogP contribution >= 0.6 is 0 Å². The standard InChI is InChI=1S/C19H34N4O3/c1-19(2,3)26-17(25)8-9-20-18(21-12-16(24)23(4)5)22-15-11-13-6-7-14(15)10-13/h13-15H,6-12H2,1-5H3,(H2,20,21,22). The normalized spacial score (nSPS) is 25.1. The smallest absolute Gasteiger partial charge is 0.308 e. The Morgan fingerprint density at radius 3 is 2.46 bits per heavy atom. The second-order valence-corrected chi connectivity index (χ2v) is 8.64. The highest BCUT2D eigenvalue weighted by Crippen LogP contribution is 2.44. The number of esters is 1. The molecular weight excluding hydrogens is 332 g/mol. The van der Waals surface area contributed by atoms with Crippen LogP contribution in [-0.4, -0.2) is 61.6 Å². The lowest BCUT2D eigenvalue weighted by atomic mass is 9.95. The molecule has 2 saturated carbocycles. The van der Waals surface area contributed by atoms with Gasteiger partial charge >= 0.3 is 5.97 Å². The minimum Gasteiger partial charge on any atom is -0.460 e. The monoisotopic (exact) mass is 366 g/mol. The number of carbonyl (C=O) groups excluding carboxylic acids is 2. The quantitative estimate of drug-likeness (QED) is 0.423. The van der Waals surface area contributed by atoms with E-state index in [1.54, 1.807) is 14.1 Å². The van der Waals surface area contributed by atoms with Gasteiger partial charge in [-0.3, -0.25) is 9.59 Å². The Morgan fingerprint density at radius 2 is 1.92 bits per heavy atom. The van der Waals surface area contributed by atoms with Crippen LogP contribution in [0.4, 0.5) is 0 Å². The molecular formula is C19H34N4O3. The van der Waals surface area contributed by atoms with Gasteiger partial charge in [0.1, 0.15) is 12.1 Å². The molecule has 0 aromatic rings. The number of rotatable bonds is 6. The molecule has 26 heavy (non-hydrogen) atoms. The molecule has 7 nitrogen and oxygen atoms in total. The van der Waals surface area contributed by atoms with Crippen LogP contribution in [-0.2, 0) is 14.3 Å². The second kappa shape index (κ2) is 8.73. The first-order valence-corrected chi connectivity index (χ1v) is 9.61. The number of hydrogen-bond donors (Lipinski definition) is 2. The molecule has 2 aliphatic carbocycles. The van der Waals surface area contributed by atoms with Gasteiger partial charge in [0, 0.05) is 26.7 Å². The fraction of sp³-hybridized carbons (Fsp3) is 0.842. The molecule has 0 aliphatic heterocycles. The van der Waals surface area contributed by atoms with E-state index in [1.807, 2.05) is 20.8 Å². The van der Waals surface area contributed by atoms with Gasteiger partial charge in [-0.2, -0.15) is 0 Å². The van der Waals surface area contributed by atoms with Gasteiger partial charge in [-0.1, -0.05) is 6.42 Å². The van der Waals surface area contributed by atoms with E-state index < -0.39 is 5.60 Å². The lowest BCUT2D eigenvalue weighted by Crippen LogP contribution is -2.46. The van der Waals surface area contributed by atoms with E-state index in [1.165, 1.54) is 30.6 Å². The fourth-order valence-corrected chi connectivity index (χ4v) is 3.71. The maximum absolute atomic E-state index is 11.9. The second-order valence-electron chi connectivity index (χ2n) is 8.64. The summed E-state index contributed by atoms with van der Waals surface area (Å²) < 4.78 is 5.32. The average molecular weight is 367 g/mol. The molecule has 2 N–H and O–H groups in total. The molecule has 1 amide bonds. The third-order valence-corrected chi connectivity index (χ3v) is 4.97. The van der Waals surface area contributed by atoms with Gasteiger partial charge in [-0.05, 0) is 51.9 Å². The van der Waals surface area contributed by atoms with Crippen molar-refractivity contribution in [2.75, 3.05) is 27.2 Å². The van der Waals surface area contributed by atoms with Crippen molar-refractivity contribution in [2.24, 2.45) is 16.8 Å². The summed E-state index contributed by atoms with van der Waals surface area (Å²) in [6.45, 7) is 6.09. The van der Waals surface area contributed by atoms with Crippen molar-refractivity contribution in [1.29, 1.82) is 0 Å². The molecule has 0 saturated heterocycles. The highest BCUT2D eigenvalue weighted by Gasteiger charge is 2.39. The van der Waals surface area contributed by atoms with Crippen LogP contribution in [0, 0.1) is 11.8 Å². The number of fused-ring (bicyclic) bond motifs is 2. The molecule has 0 radical (unpaired) electrons. The van der Waals surface area contributed by atoms with Crippen molar-refractivity contribution in [2.45, 2.75) is 64.5 Å². The van der Waals surface area contributed by atoms with Crippen molar-refractivity contribution in [3.8, 4) is 0 Å². The fourth-order valence-electron chi connectivity index (χ4n) is 3.71. The Labute approximate surface area is 156 Å². The highest BCUT2D eigenvalue weighted by molar-refractivity contribution is 5.85. The Bertz CT molecular complexity index is 539. The van der Waals surface area contributed by atoms with Crippen LogP contribution in [0.25, 0.3) is 0 Å². The van der Waals surface area contributed by atoms with Gasteiger partial charge < -0.3 is 20.3 Å². The number of aliphatic imine (C=N–C) groups is 1. The van der Waals surface area contributed by atoms with Crippen LogP contribution in [0.2, 0.25) is 0 Å². The van der Waals surface area contributed by atoms with Gasteiger partial charge in [0.15, 0.2) is 5.96 Å². The van der Waals surface area contributed by atoms with E-state index in [9.17, 15) is 9.59 Å². The van der Waals surface area contributed by atoms with E-state index in [0.717, 1.165) is 5.92 Å². The summed E-state index contributed by atoms with van der Waals surface area (Å²) in [5, 5.41) is 6.66. The van der Waals surface area contributed by atoms with Crippen LogP contribution in [0.3, 0.4) is 0 Å². The Kier molecular flexibility index (Phi) is 6.89. The van der Waals surface area contributed by atoms with Crippen LogP contribution in [0.15, 0.2) is 4.99 Å². The van der Waals surface area contributed by atoms with E-state index in [4.69, 9.17) is 4.74 Å². The van der Waals surface area contributed by atoms with Crippen molar-refractivity contribution in [1.82, 2.24) is 15.5 Å². The van der Waals surface area contributed by atoms with Gasteiger partial charge in [0.2, 0.25) is 5.91 Å². The molecule has 7 heteroatoms. The maximum Gasteiger partial charge on any atom is 0.308 e. The Morgan fingerprint density at radius 1 is 1.19 bits per heavy atom. The molecule has 2 bridgehead atoms. The number of nitrogens with one attached hydrogen (secondary N) is 2. The molecule has 0 aromatic carbocycles. The van der Waals surface area contributed by atoms with Crippen LogP contribution < -0.4 is 10.6 Å². The number of carbonyl (C=O) groups is 2. The van der Waals surface area contributed by atoms with Crippen LogP contribution in [0.5, 0.6) is 0 Å². The van der Waals surface area contributed by atoms with E-state index in [0.29, 0.717) is 24.5 Å². The number of ether oxygens (including phenoxy) is 1. The van der Waals surface area contributed by atoms with E-state index >= 15 is 0 Å². The largest absolute Gasteiger partial charge is 0.460 e. The first kappa shape index (κ1) is 20.5. The predicted octanol–water partition coefficient (Wildman–Crippen LogP) is 1.53. The van der Waals surface area contributed by atoms with E-state index in [2.05, 4.69) is 15.6 Å². The average Bonchev–Trinajstić information content (AvgIpc) is 3.12. The van der Waals surface area contributed by atoms with Crippen molar-refractivity contribution in [3.63, 3.8) is 0 Å². The maximum atomic E-state index is 11.9. The first-order chi connectivity index (χ1) is 12.1. The zero-order valence-electron chi connectivity index (χ0n) is 16.8. The minimum absolute atomic E-state index is 0.0498. The molecule has 3 atom stereocenters. The summed E-state index contributed by atoms with van der Waals surface area (Å²) in [6.07, 6.45) is 5.32. The summed E-state index contributed by atoms with van der Waals surface area (Å²) >= 11 is 0. The summed E-state index contributed by atoms with van der Waals surface area (Å²) in [4.78, 5) is 29.6. The predicted molar refractivity (Wildman–Crippen MR) is 102 cm³/mol. The summed E-state index contributed by atoms with van der Waals surface area (Å²) in [5.74, 6) is 1.84. The molecule has 3 unspecified atom stereocenters.